The van der Waals surface area contributed by atoms with Crippen molar-refractivity contribution in [3.05, 3.63) is 83.2 Å². The molecular formula is C30H34N4O3. The smallest absolute Gasteiger partial charge is 0.337 e. The summed E-state index contributed by atoms with van der Waals surface area (Å²) >= 11 is 0. The normalized spacial score (nSPS) is 14.0. The fraction of sp³-hybridized carbons (Fsp3) is 0.367. The number of carbonyl (C=O) groups excluding carboxylic acids is 1. The number of fused-ring (bicyclic) bond motifs is 1. The quantitative estimate of drug-likeness (QED) is 0.294. The molecule has 2 aromatic heterocycles. The van der Waals surface area contributed by atoms with Gasteiger partial charge in [0, 0.05) is 12.2 Å². The Labute approximate surface area is 217 Å². The van der Waals surface area contributed by atoms with Crippen LogP contribution in [0.25, 0.3) is 10.9 Å². The zero-order valence-corrected chi connectivity index (χ0v) is 21.6. The minimum absolute atomic E-state index is 0.320. The van der Waals surface area contributed by atoms with Crippen LogP contribution in [0.4, 0.5) is 5.82 Å². The maximum absolute atomic E-state index is 11.8. The highest BCUT2D eigenvalue weighted by Gasteiger charge is 2.20. The molecule has 2 aromatic carbocycles. The van der Waals surface area contributed by atoms with Crippen molar-refractivity contribution < 1.29 is 14.3 Å². The lowest BCUT2D eigenvalue weighted by atomic mass is 9.95. The van der Waals surface area contributed by atoms with Gasteiger partial charge in [-0.05, 0) is 67.1 Å². The fourth-order valence-electron chi connectivity index (χ4n) is 5.14. The molecule has 0 atom stereocenters. The molecule has 0 spiro atoms. The third-order valence-corrected chi connectivity index (χ3v) is 7.20. The zero-order chi connectivity index (χ0) is 25.6. The van der Waals surface area contributed by atoms with Gasteiger partial charge in [-0.2, -0.15) is 5.10 Å². The number of nitrogens with zero attached hydrogens (tertiary/aromatic N) is 3. The van der Waals surface area contributed by atoms with Crippen molar-refractivity contribution in [2.45, 2.75) is 57.5 Å². The largest absolute Gasteiger partial charge is 0.497 e. The zero-order valence-electron chi connectivity index (χ0n) is 21.6. The fourth-order valence-corrected chi connectivity index (χ4v) is 5.14. The summed E-state index contributed by atoms with van der Waals surface area (Å²) in [5.41, 5.74) is 4.99. The van der Waals surface area contributed by atoms with Crippen LogP contribution in [0.5, 0.6) is 5.75 Å². The van der Waals surface area contributed by atoms with E-state index < -0.39 is 0 Å². The summed E-state index contributed by atoms with van der Waals surface area (Å²) in [5.74, 6) is 1.46. The molecule has 37 heavy (non-hydrogen) atoms. The molecule has 1 fully saturated rings. The predicted octanol–water partition coefficient (Wildman–Crippen LogP) is 5.80. The van der Waals surface area contributed by atoms with Gasteiger partial charge in [0.2, 0.25) is 0 Å². The van der Waals surface area contributed by atoms with E-state index in [2.05, 4.69) is 28.2 Å². The number of hydrogen-bond donors (Lipinski definition) is 1. The Hall–Kier alpha value is -3.87. The van der Waals surface area contributed by atoms with E-state index in [4.69, 9.17) is 19.6 Å². The standard InChI is InChI=1S/C30H34N4O3/c1-36-25-15-10-22(11-16-25)20-34-27-18-19-31-29(32-24-6-4-3-5-7-24)28(27)26(33-34)17-12-21-8-13-23(14-9-21)30(35)37-2/h8-11,13-16,18-19,24H,3-7,12,17,20H2,1-2H3,(H,31,32). The third kappa shape index (κ3) is 5.77. The Balaban J connectivity index is 1.44. The summed E-state index contributed by atoms with van der Waals surface area (Å²) in [6, 6.07) is 18.3. The van der Waals surface area contributed by atoms with Gasteiger partial charge in [0.05, 0.1) is 42.9 Å². The van der Waals surface area contributed by atoms with E-state index in [0.717, 1.165) is 52.1 Å². The van der Waals surface area contributed by atoms with Crippen LogP contribution < -0.4 is 10.1 Å². The van der Waals surface area contributed by atoms with Crippen LogP contribution in [0.15, 0.2) is 60.8 Å². The topological polar surface area (TPSA) is 78.3 Å². The molecule has 7 heteroatoms. The molecule has 0 aliphatic heterocycles. The van der Waals surface area contributed by atoms with Crippen molar-refractivity contribution in [1.82, 2.24) is 14.8 Å². The summed E-state index contributed by atoms with van der Waals surface area (Å²) < 4.78 is 12.2. The molecule has 0 bridgehead atoms. The number of rotatable bonds is 9. The van der Waals surface area contributed by atoms with Crippen molar-refractivity contribution in [2.75, 3.05) is 19.5 Å². The number of ether oxygens (including phenoxy) is 2. The highest BCUT2D eigenvalue weighted by atomic mass is 16.5. The van der Waals surface area contributed by atoms with Crippen molar-refractivity contribution in [3.8, 4) is 5.75 Å². The maximum atomic E-state index is 11.8. The predicted molar refractivity (Wildman–Crippen MR) is 145 cm³/mol. The summed E-state index contributed by atoms with van der Waals surface area (Å²) in [6.45, 7) is 0.668. The SMILES string of the molecule is COC(=O)c1ccc(CCc2nn(Cc3ccc(OC)cc3)c3ccnc(NC4CCCCC4)c23)cc1. The van der Waals surface area contributed by atoms with E-state index in [-0.39, 0.29) is 5.97 Å². The van der Waals surface area contributed by atoms with Crippen LogP contribution in [0, 0.1) is 0 Å². The highest BCUT2D eigenvalue weighted by molar-refractivity contribution is 5.92. The van der Waals surface area contributed by atoms with Gasteiger partial charge in [-0.15, -0.1) is 0 Å². The molecule has 0 radical (unpaired) electrons. The molecule has 192 valence electrons. The van der Waals surface area contributed by atoms with Gasteiger partial charge in [-0.25, -0.2) is 9.78 Å². The Bertz CT molecular complexity index is 1340. The van der Waals surface area contributed by atoms with E-state index in [9.17, 15) is 4.79 Å². The summed E-state index contributed by atoms with van der Waals surface area (Å²) in [4.78, 5) is 16.6. The van der Waals surface area contributed by atoms with Gasteiger partial charge in [0.15, 0.2) is 0 Å². The number of methoxy groups -OCH3 is 2. The van der Waals surface area contributed by atoms with Crippen LogP contribution in [0.3, 0.4) is 0 Å². The lowest BCUT2D eigenvalue weighted by Gasteiger charge is -2.23. The maximum Gasteiger partial charge on any atom is 0.337 e. The monoisotopic (exact) mass is 498 g/mol. The average Bonchev–Trinajstić information content (AvgIpc) is 3.30. The molecule has 0 unspecified atom stereocenters. The van der Waals surface area contributed by atoms with Crippen molar-refractivity contribution >= 4 is 22.7 Å². The van der Waals surface area contributed by atoms with E-state index in [1.54, 1.807) is 7.11 Å². The van der Waals surface area contributed by atoms with E-state index in [0.29, 0.717) is 18.2 Å². The van der Waals surface area contributed by atoms with Crippen LogP contribution in [0.2, 0.25) is 0 Å². The number of pyridine rings is 1. The molecule has 0 saturated heterocycles. The number of esters is 1. The molecular weight excluding hydrogens is 464 g/mol. The second-order valence-corrected chi connectivity index (χ2v) is 9.67. The number of nitrogens with one attached hydrogen (secondary N) is 1. The van der Waals surface area contributed by atoms with E-state index in [1.165, 1.54) is 39.2 Å². The second kappa shape index (κ2) is 11.5. The molecule has 5 rings (SSSR count). The first-order valence-electron chi connectivity index (χ1n) is 13.1. The van der Waals surface area contributed by atoms with Gasteiger partial charge >= 0.3 is 5.97 Å². The molecule has 1 aliphatic rings. The molecule has 2 heterocycles. The van der Waals surface area contributed by atoms with Crippen molar-refractivity contribution in [3.63, 3.8) is 0 Å². The van der Waals surface area contributed by atoms with E-state index >= 15 is 0 Å². The Kier molecular flexibility index (Phi) is 7.68. The number of aromatic nitrogens is 3. The Morgan fingerprint density at radius 3 is 2.38 bits per heavy atom. The first-order chi connectivity index (χ1) is 18.1. The number of anilines is 1. The Morgan fingerprint density at radius 1 is 0.946 bits per heavy atom. The van der Waals surface area contributed by atoms with Crippen LogP contribution in [0.1, 0.15) is 59.3 Å². The summed E-state index contributed by atoms with van der Waals surface area (Å²) in [6.07, 6.45) is 9.67. The van der Waals surface area contributed by atoms with Crippen molar-refractivity contribution in [2.24, 2.45) is 0 Å². The first kappa shape index (κ1) is 24.8. The van der Waals surface area contributed by atoms with Gasteiger partial charge in [0.1, 0.15) is 11.6 Å². The second-order valence-electron chi connectivity index (χ2n) is 9.67. The van der Waals surface area contributed by atoms with Crippen LogP contribution in [-0.2, 0) is 24.1 Å². The molecule has 1 saturated carbocycles. The van der Waals surface area contributed by atoms with E-state index in [1.807, 2.05) is 42.6 Å². The molecule has 7 nitrogen and oxygen atoms in total. The number of carbonyl (C=O) groups is 1. The van der Waals surface area contributed by atoms with Gasteiger partial charge in [-0.3, -0.25) is 4.68 Å². The number of aryl methyl sites for hydroxylation is 2. The molecule has 4 aromatic rings. The summed E-state index contributed by atoms with van der Waals surface area (Å²) in [5, 5.41) is 9.94. The van der Waals surface area contributed by atoms with Gasteiger partial charge in [0.25, 0.3) is 0 Å². The first-order valence-corrected chi connectivity index (χ1v) is 13.1. The summed E-state index contributed by atoms with van der Waals surface area (Å²) in [7, 11) is 3.08. The molecule has 1 N–H and O–H groups in total. The third-order valence-electron chi connectivity index (χ3n) is 7.20. The van der Waals surface area contributed by atoms with Crippen molar-refractivity contribution in [1.29, 1.82) is 0 Å². The van der Waals surface area contributed by atoms with Gasteiger partial charge < -0.3 is 14.8 Å². The van der Waals surface area contributed by atoms with Crippen LogP contribution in [-0.4, -0.2) is 41.0 Å². The lowest BCUT2D eigenvalue weighted by Crippen LogP contribution is -2.23. The molecule has 0 amide bonds. The minimum atomic E-state index is -0.320. The highest BCUT2D eigenvalue weighted by Crippen LogP contribution is 2.30. The number of benzene rings is 2. The van der Waals surface area contributed by atoms with Gasteiger partial charge in [-0.1, -0.05) is 43.5 Å². The average molecular weight is 499 g/mol. The molecule has 1 aliphatic carbocycles. The van der Waals surface area contributed by atoms with Crippen LogP contribution >= 0.6 is 0 Å². The lowest BCUT2D eigenvalue weighted by molar-refractivity contribution is 0.0600. The Morgan fingerprint density at radius 2 is 1.68 bits per heavy atom. The minimum Gasteiger partial charge on any atom is -0.497 e. The number of hydrogen-bond acceptors (Lipinski definition) is 6.